The largest absolute Gasteiger partial charge is 0.294 e. The lowest BCUT2D eigenvalue weighted by Crippen LogP contribution is -2.12. The summed E-state index contributed by atoms with van der Waals surface area (Å²) in [4.78, 5) is 12.1. The lowest BCUT2D eigenvalue weighted by molar-refractivity contribution is 0.0950. The Bertz CT molecular complexity index is 411. The zero-order valence-corrected chi connectivity index (χ0v) is 12.1. The van der Waals surface area contributed by atoms with Crippen LogP contribution in [0.15, 0.2) is 22.7 Å². The van der Waals surface area contributed by atoms with Crippen molar-refractivity contribution in [3.8, 4) is 0 Å². The summed E-state index contributed by atoms with van der Waals surface area (Å²) in [6, 6.07) is 5.48. The predicted molar refractivity (Wildman–Crippen MR) is 74.7 cm³/mol. The molecule has 1 nitrogen and oxygen atoms in total. The first kappa shape index (κ1) is 13.1. The van der Waals surface area contributed by atoms with Gasteiger partial charge in [-0.15, -0.1) is 0 Å². The van der Waals surface area contributed by atoms with Crippen LogP contribution in [0.25, 0.3) is 0 Å². The van der Waals surface area contributed by atoms with Crippen LogP contribution in [-0.2, 0) is 0 Å². The van der Waals surface area contributed by atoms with Gasteiger partial charge in [0, 0.05) is 16.5 Å². The predicted octanol–water partition coefficient (Wildman–Crippen LogP) is 5.26. The number of benzene rings is 1. The number of carbonyl (C=O) groups is 1. The van der Waals surface area contributed by atoms with Gasteiger partial charge in [0.1, 0.15) is 0 Å². The van der Waals surface area contributed by atoms with E-state index >= 15 is 0 Å². The molecular formula is C14H16BrClO. The van der Waals surface area contributed by atoms with Crippen molar-refractivity contribution in [2.45, 2.75) is 38.5 Å². The van der Waals surface area contributed by atoms with Crippen LogP contribution >= 0.6 is 27.5 Å². The fourth-order valence-corrected chi connectivity index (χ4v) is 3.26. The smallest absolute Gasteiger partial charge is 0.164 e. The molecule has 1 fully saturated rings. The van der Waals surface area contributed by atoms with Crippen molar-refractivity contribution in [1.82, 2.24) is 0 Å². The van der Waals surface area contributed by atoms with Crippen LogP contribution < -0.4 is 0 Å². The van der Waals surface area contributed by atoms with Gasteiger partial charge < -0.3 is 0 Å². The van der Waals surface area contributed by atoms with E-state index in [2.05, 4.69) is 15.9 Å². The molecule has 0 aromatic heterocycles. The second-order valence-corrected chi connectivity index (χ2v) is 6.08. The molecule has 1 aromatic carbocycles. The maximum absolute atomic E-state index is 12.1. The van der Waals surface area contributed by atoms with Crippen LogP contribution in [0.5, 0.6) is 0 Å². The van der Waals surface area contributed by atoms with Crippen LogP contribution in [0, 0.1) is 5.92 Å². The molecule has 0 saturated heterocycles. The zero-order chi connectivity index (χ0) is 12.3. The van der Waals surface area contributed by atoms with Crippen LogP contribution in [0.2, 0.25) is 5.02 Å². The minimum Gasteiger partial charge on any atom is -0.294 e. The second kappa shape index (κ2) is 6.01. The Morgan fingerprint density at radius 3 is 2.65 bits per heavy atom. The van der Waals surface area contributed by atoms with Crippen LogP contribution in [0.3, 0.4) is 0 Å². The van der Waals surface area contributed by atoms with Gasteiger partial charge in [-0.25, -0.2) is 0 Å². The molecule has 0 spiro atoms. The van der Waals surface area contributed by atoms with E-state index in [1.165, 1.54) is 32.1 Å². The topological polar surface area (TPSA) is 17.1 Å². The fraction of sp³-hybridized carbons (Fsp3) is 0.500. The van der Waals surface area contributed by atoms with Gasteiger partial charge >= 0.3 is 0 Å². The van der Waals surface area contributed by atoms with Gasteiger partial charge in [0.25, 0.3) is 0 Å². The molecule has 17 heavy (non-hydrogen) atoms. The molecule has 0 aliphatic heterocycles. The Kier molecular flexibility index (Phi) is 4.63. The third kappa shape index (κ3) is 3.56. The lowest BCUT2D eigenvalue weighted by atomic mass is 9.85. The number of hydrogen-bond acceptors (Lipinski definition) is 1. The van der Waals surface area contributed by atoms with E-state index in [0.29, 0.717) is 22.9 Å². The summed E-state index contributed by atoms with van der Waals surface area (Å²) >= 11 is 9.44. The fourth-order valence-electron chi connectivity index (χ4n) is 2.48. The van der Waals surface area contributed by atoms with Crippen molar-refractivity contribution >= 4 is 33.3 Å². The number of hydrogen-bond donors (Lipinski definition) is 0. The van der Waals surface area contributed by atoms with Gasteiger partial charge in [-0.2, -0.15) is 0 Å². The maximum Gasteiger partial charge on any atom is 0.164 e. The van der Waals surface area contributed by atoms with E-state index in [1.807, 2.05) is 12.1 Å². The molecule has 0 unspecified atom stereocenters. The van der Waals surface area contributed by atoms with E-state index in [4.69, 9.17) is 11.6 Å². The van der Waals surface area contributed by atoms with Gasteiger partial charge in [0.05, 0.1) is 5.02 Å². The van der Waals surface area contributed by atoms with Crippen molar-refractivity contribution in [2.75, 3.05) is 0 Å². The third-order valence-corrected chi connectivity index (χ3v) is 4.24. The first-order valence-corrected chi connectivity index (χ1v) is 7.32. The van der Waals surface area contributed by atoms with E-state index in [0.717, 1.165) is 4.47 Å². The number of ketones is 1. The van der Waals surface area contributed by atoms with Gasteiger partial charge in [0.15, 0.2) is 5.78 Å². The van der Waals surface area contributed by atoms with Crippen LogP contribution in [0.4, 0.5) is 0 Å². The highest BCUT2D eigenvalue weighted by Crippen LogP contribution is 2.29. The summed E-state index contributed by atoms with van der Waals surface area (Å²) in [5, 5.41) is 0.556. The number of halogens is 2. The summed E-state index contributed by atoms with van der Waals surface area (Å²) < 4.78 is 0.914. The van der Waals surface area contributed by atoms with Crippen molar-refractivity contribution in [1.29, 1.82) is 0 Å². The minimum absolute atomic E-state index is 0.189. The zero-order valence-electron chi connectivity index (χ0n) is 9.72. The number of Topliss-reactive ketones (excluding diaryl/α,β-unsaturated/α-hetero) is 1. The van der Waals surface area contributed by atoms with Crippen molar-refractivity contribution in [3.63, 3.8) is 0 Å². The number of rotatable bonds is 3. The Balaban J connectivity index is 2.03. The summed E-state index contributed by atoms with van der Waals surface area (Å²) in [7, 11) is 0. The first-order chi connectivity index (χ1) is 8.16. The summed E-state index contributed by atoms with van der Waals surface area (Å²) in [6.45, 7) is 0. The molecule has 0 radical (unpaired) electrons. The molecule has 0 heterocycles. The van der Waals surface area contributed by atoms with Gasteiger partial charge in [0.2, 0.25) is 0 Å². The minimum atomic E-state index is 0.189. The molecule has 0 bridgehead atoms. The standard InChI is InChI=1S/C14H16BrClO/c15-11-6-7-12(13(16)9-11)14(17)8-10-4-2-1-3-5-10/h6-7,9-10H,1-5,8H2. The molecule has 1 aliphatic carbocycles. The first-order valence-electron chi connectivity index (χ1n) is 6.15. The van der Waals surface area contributed by atoms with Crippen LogP contribution in [-0.4, -0.2) is 5.78 Å². The SMILES string of the molecule is O=C(CC1CCCCC1)c1ccc(Br)cc1Cl. The molecule has 0 amide bonds. The van der Waals surface area contributed by atoms with Gasteiger partial charge in [-0.1, -0.05) is 59.6 Å². The quantitative estimate of drug-likeness (QED) is 0.696. The molecule has 92 valence electrons. The molecular weight excluding hydrogens is 300 g/mol. The monoisotopic (exact) mass is 314 g/mol. The number of carbonyl (C=O) groups excluding carboxylic acids is 1. The molecule has 1 aromatic rings. The summed E-state index contributed by atoms with van der Waals surface area (Å²) in [5.41, 5.74) is 0.667. The molecule has 0 N–H and O–H groups in total. The molecule has 3 heteroatoms. The molecule has 1 saturated carbocycles. The molecule has 0 atom stereocenters. The lowest BCUT2D eigenvalue weighted by Gasteiger charge is -2.20. The average Bonchev–Trinajstić information content (AvgIpc) is 2.30. The van der Waals surface area contributed by atoms with E-state index < -0.39 is 0 Å². The maximum atomic E-state index is 12.1. The van der Waals surface area contributed by atoms with E-state index in [9.17, 15) is 4.79 Å². The highest BCUT2D eigenvalue weighted by atomic mass is 79.9. The van der Waals surface area contributed by atoms with Crippen molar-refractivity contribution in [3.05, 3.63) is 33.3 Å². The third-order valence-electron chi connectivity index (χ3n) is 3.43. The summed E-state index contributed by atoms with van der Waals surface area (Å²) in [6.07, 6.45) is 6.91. The highest BCUT2D eigenvalue weighted by molar-refractivity contribution is 9.10. The van der Waals surface area contributed by atoms with Crippen molar-refractivity contribution in [2.24, 2.45) is 5.92 Å². The van der Waals surface area contributed by atoms with E-state index in [1.54, 1.807) is 6.07 Å². The molecule has 1 aliphatic rings. The second-order valence-electron chi connectivity index (χ2n) is 4.76. The Morgan fingerprint density at radius 1 is 1.29 bits per heavy atom. The van der Waals surface area contributed by atoms with E-state index in [-0.39, 0.29) is 5.78 Å². The van der Waals surface area contributed by atoms with Gasteiger partial charge in [-0.05, 0) is 24.1 Å². The summed E-state index contributed by atoms with van der Waals surface area (Å²) in [5.74, 6) is 0.755. The normalized spacial score (nSPS) is 17.1. The van der Waals surface area contributed by atoms with Crippen LogP contribution in [0.1, 0.15) is 48.9 Å². The molecule has 2 rings (SSSR count). The Labute approximate surface area is 116 Å². The van der Waals surface area contributed by atoms with Gasteiger partial charge in [-0.3, -0.25) is 4.79 Å². The highest BCUT2D eigenvalue weighted by Gasteiger charge is 2.19. The van der Waals surface area contributed by atoms with Crippen molar-refractivity contribution < 1.29 is 4.79 Å². The Morgan fingerprint density at radius 2 is 2.00 bits per heavy atom. The Hall–Kier alpha value is -0.340. The average molecular weight is 316 g/mol.